The van der Waals surface area contributed by atoms with Crippen LogP contribution in [0, 0.1) is 6.92 Å². The molecule has 0 spiro atoms. The fourth-order valence-electron chi connectivity index (χ4n) is 2.94. The van der Waals surface area contributed by atoms with Crippen molar-refractivity contribution in [3.05, 3.63) is 101 Å². The molecule has 0 fully saturated rings. The van der Waals surface area contributed by atoms with Gasteiger partial charge < -0.3 is 9.15 Å². The number of halogens is 1. The van der Waals surface area contributed by atoms with Crippen LogP contribution in [0.3, 0.4) is 0 Å². The molecule has 0 saturated carbocycles. The molecule has 0 saturated heterocycles. The van der Waals surface area contributed by atoms with Crippen LogP contribution < -0.4 is 10.2 Å². The SMILES string of the molecule is Cc1ccc(Sc2oc(/C=N/NC(=O)COc3ccc(-c4ccccc4)cc3)cc2Br)cc1. The van der Waals surface area contributed by atoms with Crippen molar-refractivity contribution in [2.75, 3.05) is 6.61 Å². The molecule has 5 nitrogen and oxygen atoms in total. The Bertz CT molecular complexity index is 1240. The number of nitrogens with one attached hydrogen (secondary N) is 1. The first kappa shape index (κ1) is 22.9. The number of carbonyl (C=O) groups excluding carboxylic acids is 1. The third-order valence-corrected chi connectivity index (χ3v) is 6.47. The van der Waals surface area contributed by atoms with Crippen molar-refractivity contribution in [3.63, 3.8) is 0 Å². The van der Waals surface area contributed by atoms with Gasteiger partial charge in [-0.3, -0.25) is 4.79 Å². The van der Waals surface area contributed by atoms with Crippen molar-refractivity contribution in [1.82, 2.24) is 5.43 Å². The number of hydrogen-bond acceptors (Lipinski definition) is 5. The summed E-state index contributed by atoms with van der Waals surface area (Å²) >= 11 is 5.00. The minimum Gasteiger partial charge on any atom is -0.484 e. The number of nitrogens with zero attached hydrogens (tertiary/aromatic N) is 1. The lowest BCUT2D eigenvalue weighted by atomic mass is 10.1. The second-order valence-corrected chi connectivity index (χ2v) is 9.07. The second-order valence-electron chi connectivity index (χ2n) is 7.17. The van der Waals surface area contributed by atoms with Crippen LogP contribution in [0.1, 0.15) is 11.3 Å². The van der Waals surface area contributed by atoms with Gasteiger partial charge in [-0.2, -0.15) is 5.10 Å². The first-order valence-corrected chi connectivity index (χ1v) is 11.8. The lowest BCUT2D eigenvalue weighted by Crippen LogP contribution is -2.24. The van der Waals surface area contributed by atoms with E-state index >= 15 is 0 Å². The Balaban J connectivity index is 1.26. The molecule has 3 aromatic carbocycles. The molecule has 0 atom stereocenters. The fraction of sp³-hybridized carbons (Fsp3) is 0.0769. The van der Waals surface area contributed by atoms with Gasteiger partial charge in [0.15, 0.2) is 11.7 Å². The van der Waals surface area contributed by atoms with E-state index in [1.807, 2.05) is 73.7 Å². The molecule has 1 N–H and O–H groups in total. The van der Waals surface area contributed by atoms with Gasteiger partial charge in [0, 0.05) is 11.0 Å². The van der Waals surface area contributed by atoms with Crippen LogP contribution in [0.5, 0.6) is 5.75 Å². The summed E-state index contributed by atoms with van der Waals surface area (Å²) in [7, 11) is 0. The Hall–Kier alpha value is -3.29. The van der Waals surface area contributed by atoms with Crippen molar-refractivity contribution >= 4 is 39.8 Å². The van der Waals surface area contributed by atoms with Crippen molar-refractivity contribution < 1.29 is 13.9 Å². The highest BCUT2D eigenvalue weighted by Gasteiger charge is 2.10. The average molecular weight is 521 g/mol. The van der Waals surface area contributed by atoms with Crippen LogP contribution in [0.4, 0.5) is 0 Å². The molecule has 1 amide bonds. The quantitative estimate of drug-likeness (QED) is 0.207. The van der Waals surface area contributed by atoms with E-state index in [0.29, 0.717) is 16.6 Å². The molecule has 0 unspecified atom stereocenters. The summed E-state index contributed by atoms with van der Waals surface area (Å²) in [6, 6.07) is 27.6. The maximum absolute atomic E-state index is 12.0. The van der Waals surface area contributed by atoms with Gasteiger partial charge in [-0.1, -0.05) is 71.9 Å². The van der Waals surface area contributed by atoms with E-state index in [1.165, 1.54) is 23.5 Å². The van der Waals surface area contributed by atoms with Crippen LogP contribution in [-0.2, 0) is 4.79 Å². The topological polar surface area (TPSA) is 63.8 Å². The zero-order chi connectivity index (χ0) is 23.0. The molecule has 7 heteroatoms. The molecule has 0 radical (unpaired) electrons. The van der Waals surface area contributed by atoms with E-state index in [1.54, 1.807) is 6.07 Å². The first-order valence-electron chi connectivity index (χ1n) is 10.2. The number of hydrogen-bond donors (Lipinski definition) is 1. The molecule has 0 aliphatic carbocycles. The number of amides is 1. The molecule has 33 heavy (non-hydrogen) atoms. The Labute approximate surface area is 205 Å². The first-order chi connectivity index (χ1) is 16.1. The second kappa shape index (κ2) is 11.0. The van der Waals surface area contributed by atoms with Crippen molar-refractivity contribution in [1.29, 1.82) is 0 Å². The van der Waals surface area contributed by atoms with Crippen LogP contribution in [-0.4, -0.2) is 18.7 Å². The summed E-state index contributed by atoms with van der Waals surface area (Å²) < 4.78 is 12.2. The van der Waals surface area contributed by atoms with Gasteiger partial charge in [-0.05, 0) is 58.2 Å². The van der Waals surface area contributed by atoms with Crippen molar-refractivity contribution in [3.8, 4) is 16.9 Å². The highest BCUT2D eigenvalue weighted by atomic mass is 79.9. The predicted molar refractivity (Wildman–Crippen MR) is 135 cm³/mol. The summed E-state index contributed by atoms with van der Waals surface area (Å²) in [4.78, 5) is 13.1. The predicted octanol–water partition coefficient (Wildman–Crippen LogP) is 6.70. The van der Waals surface area contributed by atoms with Gasteiger partial charge in [0.05, 0.1) is 10.7 Å². The molecular weight excluding hydrogens is 500 g/mol. The molecule has 4 rings (SSSR count). The normalized spacial score (nSPS) is 11.0. The third kappa shape index (κ3) is 6.60. The van der Waals surface area contributed by atoms with Gasteiger partial charge in [0.2, 0.25) is 0 Å². The van der Waals surface area contributed by atoms with Crippen molar-refractivity contribution in [2.45, 2.75) is 16.9 Å². The minimum atomic E-state index is -0.363. The van der Waals surface area contributed by atoms with Crippen LogP contribution in [0.25, 0.3) is 11.1 Å². The van der Waals surface area contributed by atoms with E-state index < -0.39 is 0 Å². The molecule has 0 bridgehead atoms. The average Bonchev–Trinajstić information content (AvgIpc) is 3.19. The molecule has 1 aromatic heterocycles. The molecular formula is C26H21BrN2O3S. The van der Waals surface area contributed by atoms with E-state index in [9.17, 15) is 4.79 Å². The smallest absolute Gasteiger partial charge is 0.277 e. The molecule has 166 valence electrons. The lowest BCUT2D eigenvalue weighted by Gasteiger charge is -2.06. The highest BCUT2D eigenvalue weighted by molar-refractivity contribution is 9.10. The highest BCUT2D eigenvalue weighted by Crippen LogP contribution is 2.35. The summed E-state index contributed by atoms with van der Waals surface area (Å²) in [5.41, 5.74) is 5.86. The summed E-state index contributed by atoms with van der Waals surface area (Å²) in [5.74, 6) is 0.772. The Kier molecular flexibility index (Phi) is 7.65. The van der Waals surface area contributed by atoms with Gasteiger partial charge in [0.1, 0.15) is 11.5 Å². The Morgan fingerprint density at radius 3 is 2.45 bits per heavy atom. The fourth-order valence-corrected chi connectivity index (χ4v) is 4.27. The lowest BCUT2D eigenvalue weighted by molar-refractivity contribution is -0.123. The van der Waals surface area contributed by atoms with Crippen LogP contribution in [0.2, 0.25) is 0 Å². The van der Waals surface area contributed by atoms with E-state index in [0.717, 1.165) is 20.5 Å². The number of furan rings is 1. The number of rotatable bonds is 8. The van der Waals surface area contributed by atoms with Gasteiger partial charge in [-0.15, -0.1) is 0 Å². The van der Waals surface area contributed by atoms with E-state index in [-0.39, 0.29) is 12.5 Å². The zero-order valence-corrected chi connectivity index (χ0v) is 20.2. The Morgan fingerprint density at radius 1 is 1.03 bits per heavy atom. The number of hydrazone groups is 1. The summed E-state index contributed by atoms with van der Waals surface area (Å²) in [6.45, 7) is 1.91. The zero-order valence-electron chi connectivity index (χ0n) is 17.8. The number of ether oxygens (including phenoxy) is 1. The standard InChI is InChI=1S/C26H21BrN2O3S/c1-18-7-13-23(14-8-18)33-26-24(27)15-22(32-26)16-28-29-25(30)17-31-21-11-9-20(10-12-21)19-5-3-2-4-6-19/h2-16H,17H2,1H3,(H,29,30)/b28-16+. The largest absolute Gasteiger partial charge is 0.484 e. The van der Waals surface area contributed by atoms with E-state index in [2.05, 4.69) is 38.6 Å². The molecule has 1 heterocycles. The number of aryl methyl sites for hydroxylation is 1. The van der Waals surface area contributed by atoms with Gasteiger partial charge in [0.25, 0.3) is 5.91 Å². The summed E-state index contributed by atoms with van der Waals surface area (Å²) in [6.07, 6.45) is 1.45. The molecule has 0 aliphatic rings. The van der Waals surface area contributed by atoms with Crippen molar-refractivity contribution in [2.24, 2.45) is 5.10 Å². The number of carbonyl (C=O) groups is 1. The van der Waals surface area contributed by atoms with E-state index in [4.69, 9.17) is 9.15 Å². The molecule has 0 aliphatic heterocycles. The third-order valence-electron chi connectivity index (χ3n) is 4.62. The number of benzene rings is 3. The van der Waals surface area contributed by atoms with Gasteiger partial charge in [-0.25, -0.2) is 5.43 Å². The molecule has 4 aromatic rings. The minimum absolute atomic E-state index is 0.140. The maximum Gasteiger partial charge on any atom is 0.277 e. The monoisotopic (exact) mass is 520 g/mol. The Morgan fingerprint density at radius 2 is 1.73 bits per heavy atom. The van der Waals surface area contributed by atoms with Crippen LogP contribution in [0.15, 0.2) is 109 Å². The van der Waals surface area contributed by atoms with Crippen LogP contribution >= 0.6 is 27.7 Å². The maximum atomic E-state index is 12.0. The van der Waals surface area contributed by atoms with Gasteiger partial charge >= 0.3 is 0 Å². The summed E-state index contributed by atoms with van der Waals surface area (Å²) in [5, 5.41) is 4.67.